The maximum absolute atomic E-state index is 14.4. The van der Waals surface area contributed by atoms with E-state index in [0.717, 1.165) is 34.1 Å². The number of amides is 1. The molecule has 1 amide bonds. The van der Waals surface area contributed by atoms with Crippen LogP contribution in [-0.4, -0.2) is 47.3 Å². The molecule has 9 heteroatoms. The number of aromatic nitrogens is 1. The van der Waals surface area contributed by atoms with Crippen LogP contribution in [0.2, 0.25) is 0 Å². The van der Waals surface area contributed by atoms with Crippen molar-refractivity contribution >= 4 is 11.6 Å². The van der Waals surface area contributed by atoms with Gasteiger partial charge < -0.3 is 14.2 Å². The first-order chi connectivity index (χ1) is 13.7. The summed E-state index contributed by atoms with van der Waals surface area (Å²) in [4.78, 5) is 15.4. The van der Waals surface area contributed by atoms with E-state index in [9.17, 15) is 18.0 Å². The van der Waals surface area contributed by atoms with Crippen molar-refractivity contribution in [2.75, 3.05) is 24.5 Å². The summed E-state index contributed by atoms with van der Waals surface area (Å²) >= 11 is 0. The van der Waals surface area contributed by atoms with Crippen molar-refractivity contribution in [1.82, 2.24) is 10.1 Å². The number of ether oxygens (including phenoxy) is 1. The Kier molecular flexibility index (Phi) is 4.90. The maximum Gasteiger partial charge on any atom is 0.437 e. The van der Waals surface area contributed by atoms with Crippen molar-refractivity contribution in [3.05, 3.63) is 47.1 Å². The molecule has 156 valence electrons. The first-order valence-corrected chi connectivity index (χ1v) is 9.49. The second-order valence-electron chi connectivity index (χ2n) is 7.75. The summed E-state index contributed by atoms with van der Waals surface area (Å²) < 4.78 is 52.3. The van der Waals surface area contributed by atoms with E-state index in [1.165, 1.54) is 12.1 Å². The zero-order valence-corrected chi connectivity index (χ0v) is 16.3. The van der Waals surface area contributed by atoms with E-state index in [-0.39, 0.29) is 12.2 Å². The fourth-order valence-electron chi connectivity index (χ4n) is 4.02. The Morgan fingerprint density at radius 2 is 1.79 bits per heavy atom. The molecule has 1 aromatic carbocycles. The molecule has 0 bridgehead atoms. The highest BCUT2D eigenvalue weighted by atomic mass is 19.3. The molecule has 0 radical (unpaired) electrons. The molecule has 6 nitrogen and oxygen atoms in total. The van der Waals surface area contributed by atoms with Gasteiger partial charge in [-0.05, 0) is 51.0 Å². The Morgan fingerprint density at radius 1 is 1.14 bits per heavy atom. The van der Waals surface area contributed by atoms with Gasteiger partial charge in [-0.3, -0.25) is 9.69 Å². The van der Waals surface area contributed by atoms with Gasteiger partial charge in [-0.15, -0.1) is 0 Å². The van der Waals surface area contributed by atoms with Gasteiger partial charge in [0.05, 0.1) is 17.8 Å². The third-order valence-corrected chi connectivity index (χ3v) is 5.75. The molecule has 0 atom stereocenters. The van der Waals surface area contributed by atoms with E-state index < -0.39 is 23.4 Å². The Hall–Kier alpha value is -2.39. The Labute approximate surface area is 166 Å². The Bertz CT molecular complexity index is 886. The number of piperidine rings is 1. The van der Waals surface area contributed by atoms with Crippen LogP contribution in [-0.2, 0) is 16.1 Å². The number of carbonyl (C=O) groups is 1. The molecule has 0 N–H and O–H groups in total. The van der Waals surface area contributed by atoms with Crippen molar-refractivity contribution in [2.24, 2.45) is 0 Å². The van der Waals surface area contributed by atoms with Gasteiger partial charge in [-0.2, -0.15) is 8.78 Å². The van der Waals surface area contributed by atoms with Crippen LogP contribution < -0.4 is 4.90 Å². The van der Waals surface area contributed by atoms with Gasteiger partial charge in [0.1, 0.15) is 11.6 Å². The Morgan fingerprint density at radius 3 is 2.38 bits per heavy atom. The molecular formula is C20H22F3N3O3. The fraction of sp³-hybridized carbons (Fsp3) is 0.500. The molecule has 2 aromatic rings. The minimum absolute atomic E-state index is 0.00617. The lowest BCUT2D eigenvalue weighted by atomic mass is 9.88. The first kappa shape index (κ1) is 19.9. The predicted molar refractivity (Wildman–Crippen MR) is 98.0 cm³/mol. The van der Waals surface area contributed by atoms with Crippen LogP contribution in [0.15, 0.2) is 28.8 Å². The van der Waals surface area contributed by atoms with E-state index in [2.05, 4.69) is 10.1 Å². The average molecular weight is 409 g/mol. The number of hydrogen-bond acceptors (Lipinski definition) is 5. The van der Waals surface area contributed by atoms with E-state index in [0.29, 0.717) is 32.5 Å². The number of morpholine rings is 1. The van der Waals surface area contributed by atoms with Crippen LogP contribution in [0.4, 0.5) is 18.9 Å². The maximum atomic E-state index is 14.4. The molecule has 1 aromatic heterocycles. The molecule has 0 aliphatic carbocycles. The van der Waals surface area contributed by atoms with E-state index in [1.807, 2.05) is 13.8 Å². The lowest BCUT2D eigenvalue weighted by Crippen LogP contribution is -2.64. The lowest BCUT2D eigenvalue weighted by Gasteiger charge is -2.48. The van der Waals surface area contributed by atoms with Crippen molar-refractivity contribution < 1.29 is 27.2 Å². The van der Waals surface area contributed by atoms with Gasteiger partial charge in [-0.25, -0.2) is 4.39 Å². The van der Waals surface area contributed by atoms with Crippen molar-refractivity contribution in [3.63, 3.8) is 0 Å². The van der Waals surface area contributed by atoms with Gasteiger partial charge in [0.2, 0.25) is 0 Å². The Balaban J connectivity index is 1.50. The number of likely N-dealkylation sites (tertiary alicyclic amines) is 1. The van der Waals surface area contributed by atoms with Crippen molar-refractivity contribution in [2.45, 2.75) is 44.9 Å². The number of benzene rings is 1. The number of carbonyl (C=O) groups excluding carboxylic acids is 1. The summed E-state index contributed by atoms with van der Waals surface area (Å²) in [5, 5.41) is 3.95. The summed E-state index contributed by atoms with van der Waals surface area (Å²) in [6.45, 7) is 5.41. The summed E-state index contributed by atoms with van der Waals surface area (Å²) in [5.41, 5.74) is 0.897. The molecule has 2 fully saturated rings. The number of hydrogen-bond donors (Lipinski definition) is 0. The van der Waals surface area contributed by atoms with Gasteiger partial charge in [0.25, 0.3) is 0 Å². The van der Waals surface area contributed by atoms with Gasteiger partial charge >= 0.3 is 12.0 Å². The first-order valence-electron chi connectivity index (χ1n) is 9.49. The van der Waals surface area contributed by atoms with Crippen LogP contribution in [0.5, 0.6) is 0 Å². The molecule has 2 saturated heterocycles. The highest BCUT2D eigenvalue weighted by molar-refractivity contribution is 5.98. The summed E-state index contributed by atoms with van der Waals surface area (Å²) in [5.74, 6) is -1.17. The summed E-state index contributed by atoms with van der Waals surface area (Å²) in [6, 6.07) is 4.95. The molecule has 1 spiro atoms. The molecule has 29 heavy (non-hydrogen) atoms. The average Bonchev–Trinajstić information content (AvgIpc) is 2.99. The normalized spacial score (nSPS) is 21.7. The number of nitrogens with zero attached hydrogens (tertiary/aromatic N) is 3. The van der Waals surface area contributed by atoms with Gasteiger partial charge in [-0.1, -0.05) is 5.16 Å². The minimum Gasteiger partial charge on any atom is -0.361 e. The second-order valence-corrected chi connectivity index (χ2v) is 7.75. The highest BCUT2D eigenvalue weighted by Gasteiger charge is 2.57. The quantitative estimate of drug-likeness (QED) is 0.778. The molecule has 3 heterocycles. The number of anilines is 1. The standard InChI is InChI=1S/C20H22F3N3O3/c1-13-17(14(2)28-24-13)11-25-9-7-19(8-10-25)12-26(18(27)20(22,23)29-19)16-5-3-15(21)4-6-16/h3-6H,7-12H2,1-2H3. The lowest BCUT2D eigenvalue weighted by molar-refractivity contribution is -0.293. The van der Waals surface area contributed by atoms with Crippen LogP contribution in [0.25, 0.3) is 0 Å². The molecular weight excluding hydrogens is 387 g/mol. The van der Waals surface area contributed by atoms with Crippen LogP contribution in [0.1, 0.15) is 29.9 Å². The predicted octanol–water partition coefficient (Wildman–Crippen LogP) is 3.42. The summed E-state index contributed by atoms with van der Waals surface area (Å²) in [7, 11) is 0. The smallest absolute Gasteiger partial charge is 0.361 e. The van der Waals surface area contributed by atoms with Crippen molar-refractivity contribution in [1.29, 1.82) is 0 Å². The second kappa shape index (κ2) is 7.14. The zero-order valence-electron chi connectivity index (χ0n) is 16.3. The van der Waals surface area contributed by atoms with E-state index in [4.69, 9.17) is 9.26 Å². The number of aryl methyl sites for hydroxylation is 2. The number of rotatable bonds is 3. The number of halogens is 3. The van der Waals surface area contributed by atoms with E-state index in [1.54, 1.807) is 0 Å². The zero-order chi connectivity index (χ0) is 20.8. The molecule has 2 aliphatic rings. The van der Waals surface area contributed by atoms with Crippen molar-refractivity contribution in [3.8, 4) is 0 Å². The molecule has 0 unspecified atom stereocenters. The monoisotopic (exact) mass is 409 g/mol. The topological polar surface area (TPSA) is 58.8 Å². The third-order valence-electron chi connectivity index (χ3n) is 5.75. The minimum atomic E-state index is -3.92. The van der Waals surface area contributed by atoms with E-state index >= 15 is 0 Å². The van der Waals surface area contributed by atoms with Crippen LogP contribution in [0.3, 0.4) is 0 Å². The SMILES string of the molecule is Cc1noc(C)c1CN1CCC2(CC1)CN(c1ccc(F)cc1)C(=O)C(F)(F)O2. The van der Waals surface area contributed by atoms with Gasteiger partial charge in [0, 0.05) is 30.9 Å². The van der Waals surface area contributed by atoms with Crippen LogP contribution >= 0.6 is 0 Å². The largest absolute Gasteiger partial charge is 0.437 e. The molecule has 2 aliphatic heterocycles. The molecule has 4 rings (SSSR count). The number of alkyl halides is 2. The van der Waals surface area contributed by atoms with Gasteiger partial charge in [0.15, 0.2) is 0 Å². The third kappa shape index (κ3) is 3.76. The fourth-order valence-corrected chi connectivity index (χ4v) is 4.02. The molecule has 0 saturated carbocycles. The highest BCUT2D eigenvalue weighted by Crippen LogP contribution is 2.40. The van der Waals surface area contributed by atoms with Crippen LogP contribution in [0, 0.1) is 19.7 Å². The summed E-state index contributed by atoms with van der Waals surface area (Å²) in [6.07, 6.45) is -3.23.